The Morgan fingerprint density at radius 3 is 2.54 bits per heavy atom. The number of H-pyrrole nitrogens is 1. The van der Waals surface area contributed by atoms with Gasteiger partial charge in [0.25, 0.3) is 11.6 Å². The van der Waals surface area contributed by atoms with Gasteiger partial charge in [0.1, 0.15) is 11.3 Å². The predicted octanol–water partition coefficient (Wildman–Crippen LogP) is 3.29. The molecular weight excluding hydrogens is 334 g/mol. The van der Waals surface area contributed by atoms with E-state index in [4.69, 9.17) is 11.6 Å². The standard InChI is InChI=1S/C15H10ClN5O3/c16-12-7-10(3-6-13(12)21(23)24)15(22)19-11-4-1-9(2-5-11)14-17-8-18-20-14/h1-8H,(H,19,22)(H,17,18,20). The van der Waals surface area contributed by atoms with Crippen LogP contribution in [-0.4, -0.2) is 26.0 Å². The molecule has 0 atom stereocenters. The Morgan fingerprint density at radius 1 is 1.21 bits per heavy atom. The summed E-state index contributed by atoms with van der Waals surface area (Å²) in [6, 6.07) is 10.8. The van der Waals surface area contributed by atoms with Crippen LogP contribution in [-0.2, 0) is 0 Å². The van der Waals surface area contributed by atoms with Gasteiger partial charge in [-0.2, -0.15) is 5.10 Å². The number of hydrogen-bond donors (Lipinski definition) is 2. The van der Waals surface area contributed by atoms with Gasteiger partial charge in [0, 0.05) is 22.9 Å². The van der Waals surface area contributed by atoms with Crippen molar-refractivity contribution in [1.82, 2.24) is 15.2 Å². The SMILES string of the molecule is O=C(Nc1ccc(-c2ncn[nH]2)cc1)c1ccc([N+](=O)[O-])c(Cl)c1. The van der Waals surface area contributed by atoms with E-state index in [9.17, 15) is 14.9 Å². The molecule has 0 radical (unpaired) electrons. The Bertz CT molecular complexity index is 894. The second-order valence-electron chi connectivity index (χ2n) is 4.79. The van der Waals surface area contributed by atoms with Gasteiger partial charge in [-0.15, -0.1) is 0 Å². The highest BCUT2D eigenvalue weighted by molar-refractivity contribution is 6.33. The van der Waals surface area contributed by atoms with Gasteiger partial charge in [-0.05, 0) is 36.4 Å². The highest BCUT2D eigenvalue weighted by Gasteiger charge is 2.15. The molecule has 1 heterocycles. The van der Waals surface area contributed by atoms with Crippen molar-refractivity contribution < 1.29 is 9.72 Å². The van der Waals surface area contributed by atoms with Gasteiger partial charge in [0.15, 0.2) is 5.82 Å². The highest BCUT2D eigenvalue weighted by atomic mass is 35.5. The van der Waals surface area contributed by atoms with Crippen molar-refractivity contribution in [2.45, 2.75) is 0 Å². The number of aromatic nitrogens is 3. The van der Waals surface area contributed by atoms with Crippen LogP contribution < -0.4 is 5.32 Å². The Morgan fingerprint density at radius 2 is 1.96 bits per heavy atom. The zero-order valence-corrected chi connectivity index (χ0v) is 12.8. The molecule has 0 spiro atoms. The number of hydrogen-bond acceptors (Lipinski definition) is 5. The van der Waals surface area contributed by atoms with Crippen molar-refractivity contribution in [3.63, 3.8) is 0 Å². The van der Waals surface area contributed by atoms with E-state index in [1.165, 1.54) is 24.5 Å². The van der Waals surface area contributed by atoms with Crippen LogP contribution in [0.25, 0.3) is 11.4 Å². The van der Waals surface area contributed by atoms with E-state index < -0.39 is 10.8 Å². The fraction of sp³-hybridized carbons (Fsp3) is 0. The minimum absolute atomic E-state index is 0.0895. The zero-order valence-electron chi connectivity index (χ0n) is 12.1. The molecule has 3 rings (SSSR count). The first-order valence-corrected chi connectivity index (χ1v) is 7.13. The molecular formula is C15H10ClN5O3. The van der Waals surface area contributed by atoms with Gasteiger partial charge >= 0.3 is 0 Å². The molecule has 0 saturated heterocycles. The summed E-state index contributed by atoms with van der Waals surface area (Å²) in [6.45, 7) is 0. The van der Waals surface area contributed by atoms with E-state index in [1.807, 2.05) is 0 Å². The number of amides is 1. The van der Waals surface area contributed by atoms with Crippen LogP contribution in [0.4, 0.5) is 11.4 Å². The number of carbonyl (C=O) groups is 1. The minimum atomic E-state index is -0.605. The zero-order chi connectivity index (χ0) is 17.1. The average Bonchev–Trinajstić information content (AvgIpc) is 3.09. The summed E-state index contributed by atoms with van der Waals surface area (Å²) in [4.78, 5) is 26.4. The van der Waals surface area contributed by atoms with E-state index >= 15 is 0 Å². The normalized spacial score (nSPS) is 10.4. The molecule has 0 bridgehead atoms. The monoisotopic (exact) mass is 343 g/mol. The first-order valence-electron chi connectivity index (χ1n) is 6.75. The molecule has 0 fully saturated rings. The van der Waals surface area contributed by atoms with Crippen molar-refractivity contribution in [2.24, 2.45) is 0 Å². The minimum Gasteiger partial charge on any atom is -0.322 e. The average molecular weight is 344 g/mol. The van der Waals surface area contributed by atoms with E-state index in [0.29, 0.717) is 11.5 Å². The molecule has 0 unspecified atom stereocenters. The third kappa shape index (κ3) is 3.23. The van der Waals surface area contributed by atoms with Crippen molar-refractivity contribution in [2.75, 3.05) is 5.32 Å². The van der Waals surface area contributed by atoms with Gasteiger partial charge in [-0.3, -0.25) is 20.0 Å². The number of benzene rings is 2. The van der Waals surface area contributed by atoms with Crippen LogP contribution in [0, 0.1) is 10.1 Å². The Kier molecular flexibility index (Phi) is 4.21. The lowest BCUT2D eigenvalue weighted by molar-refractivity contribution is -0.384. The number of nitrogens with zero attached hydrogens (tertiary/aromatic N) is 3. The quantitative estimate of drug-likeness (QED) is 0.557. The molecule has 0 aliphatic rings. The largest absolute Gasteiger partial charge is 0.322 e. The van der Waals surface area contributed by atoms with Crippen LogP contribution in [0.2, 0.25) is 5.02 Å². The summed E-state index contributed by atoms with van der Waals surface area (Å²) >= 11 is 5.81. The molecule has 3 aromatic rings. The molecule has 9 heteroatoms. The predicted molar refractivity (Wildman–Crippen MR) is 87.9 cm³/mol. The molecule has 1 amide bonds. The maximum absolute atomic E-state index is 12.2. The number of anilines is 1. The lowest BCUT2D eigenvalue weighted by Gasteiger charge is -2.06. The molecule has 0 aliphatic carbocycles. The number of nitro groups is 1. The number of nitro benzene ring substituents is 1. The Labute approximate surface area is 140 Å². The Balaban J connectivity index is 1.75. The highest BCUT2D eigenvalue weighted by Crippen LogP contribution is 2.25. The van der Waals surface area contributed by atoms with Crippen molar-refractivity contribution in [3.8, 4) is 11.4 Å². The summed E-state index contributed by atoms with van der Waals surface area (Å²) < 4.78 is 0. The van der Waals surface area contributed by atoms with Gasteiger partial charge in [-0.25, -0.2) is 4.98 Å². The molecule has 0 aliphatic heterocycles. The van der Waals surface area contributed by atoms with E-state index in [2.05, 4.69) is 20.5 Å². The number of halogens is 1. The summed E-state index contributed by atoms with van der Waals surface area (Å²) in [7, 11) is 0. The van der Waals surface area contributed by atoms with Crippen LogP contribution in [0.5, 0.6) is 0 Å². The topological polar surface area (TPSA) is 114 Å². The summed E-state index contributed by atoms with van der Waals surface area (Å²) in [6.07, 6.45) is 1.41. The van der Waals surface area contributed by atoms with Crippen molar-refractivity contribution >= 4 is 28.9 Å². The van der Waals surface area contributed by atoms with Crippen LogP contribution >= 0.6 is 11.6 Å². The summed E-state index contributed by atoms with van der Waals surface area (Å²) in [5.41, 5.74) is 1.37. The third-order valence-electron chi connectivity index (χ3n) is 3.24. The van der Waals surface area contributed by atoms with Crippen LogP contribution in [0.15, 0.2) is 48.8 Å². The van der Waals surface area contributed by atoms with Crippen LogP contribution in [0.3, 0.4) is 0 Å². The molecule has 8 nitrogen and oxygen atoms in total. The number of rotatable bonds is 4. The molecule has 24 heavy (non-hydrogen) atoms. The van der Waals surface area contributed by atoms with Gasteiger partial charge in [0.2, 0.25) is 0 Å². The molecule has 120 valence electrons. The lowest BCUT2D eigenvalue weighted by Crippen LogP contribution is -2.11. The van der Waals surface area contributed by atoms with Crippen molar-refractivity contribution in [3.05, 3.63) is 69.5 Å². The van der Waals surface area contributed by atoms with Gasteiger partial charge in [-0.1, -0.05) is 11.6 Å². The molecule has 0 saturated carbocycles. The second kappa shape index (κ2) is 6.47. The first-order chi connectivity index (χ1) is 11.5. The molecule has 1 aromatic heterocycles. The fourth-order valence-corrected chi connectivity index (χ4v) is 2.31. The first kappa shape index (κ1) is 15.6. The lowest BCUT2D eigenvalue weighted by atomic mass is 10.1. The Hall–Kier alpha value is -3.26. The summed E-state index contributed by atoms with van der Waals surface area (Å²) in [5, 5.41) is 19.8. The molecule has 2 N–H and O–H groups in total. The van der Waals surface area contributed by atoms with Crippen LogP contribution in [0.1, 0.15) is 10.4 Å². The van der Waals surface area contributed by atoms with Gasteiger partial charge in [0.05, 0.1) is 4.92 Å². The smallest absolute Gasteiger partial charge is 0.287 e. The number of nitrogens with one attached hydrogen (secondary N) is 2. The summed E-state index contributed by atoms with van der Waals surface area (Å²) in [5.74, 6) is 0.203. The molecule has 2 aromatic carbocycles. The van der Waals surface area contributed by atoms with E-state index in [1.54, 1.807) is 24.3 Å². The van der Waals surface area contributed by atoms with Crippen molar-refractivity contribution in [1.29, 1.82) is 0 Å². The maximum Gasteiger partial charge on any atom is 0.287 e. The maximum atomic E-state index is 12.2. The van der Waals surface area contributed by atoms with Gasteiger partial charge < -0.3 is 5.32 Å². The fourth-order valence-electron chi connectivity index (χ4n) is 2.06. The third-order valence-corrected chi connectivity index (χ3v) is 3.54. The van der Waals surface area contributed by atoms with E-state index in [-0.39, 0.29) is 16.3 Å². The number of aromatic amines is 1. The van der Waals surface area contributed by atoms with E-state index in [0.717, 1.165) is 5.56 Å². The number of carbonyl (C=O) groups excluding carboxylic acids is 1. The second-order valence-corrected chi connectivity index (χ2v) is 5.20.